The lowest BCUT2D eigenvalue weighted by Crippen LogP contribution is -2.25. The minimum absolute atomic E-state index is 0.105. The monoisotopic (exact) mass is 413 g/mol. The highest BCUT2D eigenvalue weighted by Gasteiger charge is 2.31. The van der Waals surface area contributed by atoms with Gasteiger partial charge in [-0.1, -0.05) is 48.5 Å². The summed E-state index contributed by atoms with van der Waals surface area (Å²) in [5.74, 6) is -0.630. The van der Waals surface area contributed by atoms with Gasteiger partial charge in [-0.05, 0) is 46.0 Å². The van der Waals surface area contributed by atoms with Crippen LogP contribution in [0, 0.1) is 0 Å². The number of rotatable bonds is 4. The summed E-state index contributed by atoms with van der Waals surface area (Å²) in [5, 5.41) is 11.9. The average molecular weight is 413 g/mol. The van der Waals surface area contributed by atoms with Crippen LogP contribution in [0.15, 0.2) is 66.7 Å². The van der Waals surface area contributed by atoms with Crippen molar-refractivity contribution < 1.29 is 27.8 Å². The molecule has 7 heteroatoms. The van der Waals surface area contributed by atoms with Gasteiger partial charge >= 0.3 is 12.3 Å². The summed E-state index contributed by atoms with van der Waals surface area (Å²) in [6.45, 7) is -0.0954. The number of halogens is 3. The second kappa shape index (κ2) is 7.74. The van der Waals surface area contributed by atoms with E-state index in [1.807, 2.05) is 48.5 Å². The highest BCUT2D eigenvalue weighted by Crippen LogP contribution is 2.44. The first kappa shape index (κ1) is 19.8. The number of amides is 1. The fraction of sp³-hybridized carbons (Fsp3) is 0.174. The molecule has 1 amide bonds. The van der Waals surface area contributed by atoms with E-state index in [1.54, 1.807) is 0 Å². The number of carbonyl (C=O) groups excluding carboxylic acids is 1. The molecule has 1 aliphatic rings. The molecular formula is C23H18F3NO3. The first-order valence-corrected chi connectivity index (χ1v) is 9.32. The van der Waals surface area contributed by atoms with Gasteiger partial charge in [0.1, 0.15) is 12.4 Å². The molecule has 4 rings (SSSR count). The molecular weight excluding hydrogens is 395 g/mol. The summed E-state index contributed by atoms with van der Waals surface area (Å²) in [6.07, 6.45) is -5.33. The SMILES string of the molecule is O=C(NCc1cc(O)cc(C(F)(F)F)c1)OCC1c2ccccc2-c2ccccc21. The molecule has 154 valence electrons. The largest absolute Gasteiger partial charge is 0.508 e. The lowest BCUT2D eigenvalue weighted by Gasteiger charge is -2.15. The molecule has 0 bridgehead atoms. The van der Waals surface area contributed by atoms with Gasteiger partial charge in [0, 0.05) is 12.5 Å². The van der Waals surface area contributed by atoms with Crippen LogP contribution < -0.4 is 5.32 Å². The van der Waals surface area contributed by atoms with Crippen molar-refractivity contribution in [2.24, 2.45) is 0 Å². The molecule has 0 radical (unpaired) electrons. The molecule has 0 saturated carbocycles. The van der Waals surface area contributed by atoms with E-state index in [0.717, 1.165) is 28.3 Å². The van der Waals surface area contributed by atoms with Crippen LogP contribution in [0.25, 0.3) is 11.1 Å². The molecule has 0 heterocycles. The molecule has 2 N–H and O–H groups in total. The molecule has 1 aliphatic carbocycles. The molecule has 30 heavy (non-hydrogen) atoms. The number of nitrogens with one attached hydrogen (secondary N) is 1. The van der Waals surface area contributed by atoms with Crippen molar-refractivity contribution in [1.82, 2.24) is 5.32 Å². The predicted octanol–water partition coefficient (Wildman–Crippen LogP) is 5.45. The number of phenols is 1. The van der Waals surface area contributed by atoms with Gasteiger partial charge < -0.3 is 15.2 Å². The van der Waals surface area contributed by atoms with E-state index in [4.69, 9.17) is 4.74 Å². The molecule has 0 unspecified atom stereocenters. The number of ether oxygens (including phenoxy) is 1. The minimum Gasteiger partial charge on any atom is -0.508 e. The summed E-state index contributed by atoms with van der Waals surface area (Å²) in [5.41, 5.74) is 3.47. The van der Waals surface area contributed by atoms with Crippen molar-refractivity contribution in [1.29, 1.82) is 0 Å². The van der Waals surface area contributed by atoms with Crippen LogP contribution in [0.4, 0.5) is 18.0 Å². The first-order chi connectivity index (χ1) is 14.3. The maximum absolute atomic E-state index is 12.9. The van der Waals surface area contributed by atoms with Crippen LogP contribution in [0.5, 0.6) is 5.75 Å². The highest BCUT2D eigenvalue weighted by atomic mass is 19.4. The van der Waals surface area contributed by atoms with Crippen LogP contribution in [-0.2, 0) is 17.5 Å². The highest BCUT2D eigenvalue weighted by molar-refractivity contribution is 5.79. The van der Waals surface area contributed by atoms with Crippen molar-refractivity contribution >= 4 is 6.09 Å². The van der Waals surface area contributed by atoms with E-state index in [0.29, 0.717) is 6.07 Å². The molecule has 0 spiro atoms. The van der Waals surface area contributed by atoms with Crippen LogP contribution in [0.2, 0.25) is 0 Å². The smallest absolute Gasteiger partial charge is 0.416 e. The van der Waals surface area contributed by atoms with Crippen molar-refractivity contribution in [2.45, 2.75) is 18.6 Å². The Bertz CT molecular complexity index is 1050. The Hall–Kier alpha value is -3.48. The summed E-state index contributed by atoms with van der Waals surface area (Å²) in [4.78, 5) is 12.1. The number of alkyl carbamates (subject to hydrolysis) is 1. The van der Waals surface area contributed by atoms with Gasteiger partial charge in [0.05, 0.1) is 5.56 Å². The van der Waals surface area contributed by atoms with E-state index in [9.17, 15) is 23.1 Å². The standard InChI is InChI=1S/C23H18F3NO3/c24-23(25,26)15-9-14(10-16(28)11-15)12-27-22(29)30-13-21-19-7-3-1-5-17(19)18-6-2-4-8-20(18)21/h1-11,21,28H,12-13H2,(H,27,29). The Kier molecular flexibility index (Phi) is 5.11. The van der Waals surface area contributed by atoms with Gasteiger partial charge in [-0.25, -0.2) is 4.79 Å². The van der Waals surface area contributed by atoms with Crippen molar-refractivity contribution in [3.05, 3.63) is 89.0 Å². The number of aromatic hydroxyl groups is 1. The lowest BCUT2D eigenvalue weighted by molar-refractivity contribution is -0.137. The third-order valence-electron chi connectivity index (χ3n) is 5.09. The van der Waals surface area contributed by atoms with Crippen molar-refractivity contribution in [3.63, 3.8) is 0 Å². The second-order valence-electron chi connectivity index (χ2n) is 7.06. The summed E-state index contributed by atoms with van der Waals surface area (Å²) in [7, 11) is 0. The molecule has 3 aromatic carbocycles. The Balaban J connectivity index is 1.41. The molecule has 0 aliphatic heterocycles. The Morgan fingerprint density at radius 2 is 1.57 bits per heavy atom. The number of phenolic OH excluding ortho intramolecular Hbond substituents is 1. The molecule has 0 atom stereocenters. The third kappa shape index (κ3) is 3.96. The fourth-order valence-electron chi connectivity index (χ4n) is 3.76. The molecule has 0 saturated heterocycles. The van der Waals surface area contributed by atoms with Crippen LogP contribution in [0.3, 0.4) is 0 Å². The number of fused-ring (bicyclic) bond motifs is 3. The van der Waals surface area contributed by atoms with Gasteiger partial charge in [0.15, 0.2) is 0 Å². The summed E-state index contributed by atoms with van der Waals surface area (Å²) in [6, 6.07) is 18.5. The maximum atomic E-state index is 12.9. The fourth-order valence-corrected chi connectivity index (χ4v) is 3.76. The average Bonchev–Trinajstić information content (AvgIpc) is 3.03. The van der Waals surface area contributed by atoms with E-state index in [-0.39, 0.29) is 24.6 Å². The molecule has 0 fully saturated rings. The normalized spacial score (nSPS) is 12.9. The third-order valence-corrected chi connectivity index (χ3v) is 5.09. The van der Waals surface area contributed by atoms with Gasteiger partial charge in [-0.2, -0.15) is 13.2 Å². The van der Waals surface area contributed by atoms with E-state index >= 15 is 0 Å². The number of hydrogen-bond donors (Lipinski definition) is 2. The number of benzene rings is 3. The minimum atomic E-state index is -4.59. The zero-order valence-corrected chi connectivity index (χ0v) is 15.7. The van der Waals surface area contributed by atoms with Crippen LogP contribution >= 0.6 is 0 Å². The van der Waals surface area contributed by atoms with E-state index in [1.165, 1.54) is 6.07 Å². The molecule has 3 aromatic rings. The van der Waals surface area contributed by atoms with E-state index in [2.05, 4.69) is 5.32 Å². The Labute approximate surface area is 170 Å². The van der Waals surface area contributed by atoms with Gasteiger partial charge in [0.2, 0.25) is 0 Å². The van der Waals surface area contributed by atoms with Crippen molar-refractivity contribution in [3.8, 4) is 16.9 Å². The molecule has 4 nitrogen and oxygen atoms in total. The van der Waals surface area contributed by atoms with Crippen LogP contribution in [-0.4, -0.2) is 17.8 Å². The second-order valence-corrected chi connectivity index (χ2v) is 7.06. The Morgan fingerprint density at radius 1 is 0.967 bits per heavy atom. The summed E-state index contributed by atoms with van der Waals surface area (Å²) < 4.78 is 43.9. The zero-order chi connectivity index (χ0) is 21.3. The van der Waals surface area contributed by atoms with Gasteiger partial charge in [-0.3, -0.25) is 0 Å². The topological polar surface area (TPSA) is 58.6 Å². The van der Waals surface area contributed by atoms with Crippen molar-refractivity contribution in [2.75, 3.05) is 6.61 Å². The summed E-state index contributed by atoms with van der Waals surface area (Å²) >= 11 is 0. The first-order valence-electron chi connectivity index (χ1n) is 9.32. The number of carbonyl (C=O) groups is 1. The van der Waals surface area contributed by atoms with Crippen LogP contribution in [0.1, 0.15) is 28.2 Å². The van der Waals surface area contributed by atoms with Gasteiger partial charge in [-0.15, -0.1) is 0 Å². The number of hydrogen-bond acceptors (Lipinski definition) is 3. The number of alkyl halides is 3. The van der Waals surface area contributed by atoms with E-state index < -0.39 is 23.6 Å². The maximum Gasteiger partial charge on any atom is 0.416 e. The van der Waals surface area contributed by atoms with Gasteiger partial charge in [0.25, 0.3) is 0 Å². The predicted molar refractivity (Wildman–Crippen MR) is 105 cm³/mol. The lowest BCUT2D eigenvalue weighted by atomic mass is 9.98. The quantitative estimate of drug-likeness (QED) is 0.598. The zero-order valence-electron chi connectivity index (χ0n) is 15.7. The molecule has 0 aromatic heterocycles. The Morgan fingerprint density at radius 3 is 2.17 bits per heavy atom.